The lowest BCUT2D eigenvalue weighted by Gasteiger charge is -2.30. The van der Waals surface area contributed by atoms with Gasteiger partial charge in [0.2, 0.25) is 0 Å². The van der Waals surface area contributed by atoms with Crippen molar-refractivity contribution < 1.29 is 9.59 Å². The molecule has 0 N–H and O–H groups in total. The molecule has 0 aromatic heterocycles. The predicted octanol–water partition coefficient (Wildman–Crippen LogP) is 1.58. The van der Waals surface area contributed by atoms with Crippen molar-refractivity contribution in [2.75, 3.05) is 0 Å². The second kappa shape index (κ2) is 1.98. The summed E-state index contributed by atoms with van der Waals surface area (Å²) in [7, 11) is 0. The van der Waals surface area contributed by atoms with Gasteiger partial charge in [0.1, 0.15) is 12.1 Å². The van der Waals surface area contributed by atoms with Gasteiger partial charge in [0.15, 0.2) is 0 Å². The fourth-order valence-electron chi connectivity index (χ4n) is 2.99. The molecule has 2 heteroatoms. The van der Waals surface area contributed by atoms with E-state index in [0.29, 0.717) is 12.3 Å². The quantitative estimate of drug-likeness (QED) is 0.438. The minimum absolute atomic E-state index is 0.0775. The van der Waals surface area contributed by atoms with Crippen molar-refractivity contribution in [3.63, 3.8) is 0 Å². The first-order chi connectivity index (χ1) is 5.54. The zero-order chi connectivity index (χ0) is 8.98. The average molecular weight is 166 g/mol. The normalized spacial score (nSPS) is 43.5. The molecule has 2 aliphatic rings. The summed E-state index contributed by atoms with van der Waals surface area (Å²) in [6.07, 6.45) is 3.37. The Hall–Kier alpha value is -0.660. The van der Waals surface area contributed by atoms with Crippen molar-refractivity contribution in [3.05, 3.63) is 0 Å². The Bertz CT molecular complexity index is 255. The van der Waals surface area contributed by atoms with E-state index in [1.807, 2.05) is 0 Å². The van der Waals surface area contributed by atoms with Crippen LogP contribution in [0.2, 0.25) is 0 Å². The summed E-state index contributed by atoms with van der Waals surface area (Å²) in [6.45, 7) is 4.12. The number of carbonyl (C=O) groups is 2. The molecular weight excluding hydrogens is 152 g/mol. The number of fused-ring (bicyclic) bond motifs is 2. The molecule has 0 radical (unpaired) electrons. The number of Topliss-reactive ketones (excluding diaryl/α,β-unsaturated/α-hetero) is 1. The molecule has 12 heavy (non-hydrogen) atoms. The largest absolute Gasteiger partial charge is 0.302 e. The van der Waals surface area contributed by atoms with Crippen LogP contribution in [0.15, 0.2) is 0 Å². The second-order valence-corrected chi connectivity index (χ2v) is 4.67. The maximum absolute atomic E-state index is 11.6. The van der Waals surface area contributed by atoms with Crippen molar-refractivity contribution in [1.29, 1.82) is 0 Å². The molecule has 0 unspecified atom stereocenters. The van der Waals surface area contributed by atoms with Crippen LogP contribution in [0.25, 0.3) is 0 Å². The van der Waals surface area contributed by atoms with Crippen LogP contribution in [0.5, 0.6) is 0 Å². The summed E-state index contributed by atoms with van der Waals surface area (Å²) in [5.74, 6) is 0.633. The molecular formula is C10H14O2. The fraction of sp³-hybridized carbons (Fsp3) is 0.800. The summed E-state index contributed by atoms with van der Waals surface area (Å²) < 4.78 is 0. The van der Waals surface area contributed by atoms with Gasteiger partial charge in [-0.2, -0.15) is 0 Å². The van der Waals surface area contributed by atoms with E-state index in [4.69, 9.17) is 0 Å². The highest BCUT2D eigenvalue weighted by Crippen LogP contribution is 2.62. The SMILES string of the molecule is CC1(C)[C@H]2CC[C@@]1(C=O)C(=O)C2. The Balaban J connectivity index is 2.52. The van der Waals surface area contributed by atoms with E-state index in [0.717, 1.165) is 19.1 Å². The highest BCUT2D eigenvalue weighted by molar-refractivity contribution is 6.02. The first-order valence-electron chi connectivity index (χ1n) is 4.54. The fourth-order valence-corrected chi connectivity index (χ4v) is 2.99. The minimum atomic E-state index is -0.613. The van der Waals surface area contributed by atoms with Gasteiger partial charge in [0.25, 0.3) is 0 Å². The van der Waals surface area contributed by atoms with Crippen LogP contribution >= 0.6 is 0 Å². The third-order valence-electron chi connectivity index (χ3n) is 4.19. The molecule has 66 valence electrons. The molecule has 2 nitrogen and oxygen atoms in total. The zero-order valence-electron chi connectivity index (χ0n) is 7.59. The smallest absolute Gasteiger partial charge is 0.146 e. The summed E-state index contributed by atoms with van der Waals surface area (Å²) in [5.41, 5.74) is -0.691. The van der Waals surface area contributed by atoms with Crippen molar-refractivity contribution in [2.24, 2.45) is 16.7 Å². The van der Waals surface area contributed by atoms with Gasteiger partial charge >= 0.3 is 0 Å². The predicted molar refractivity (Wildman–Crippen MR) is 44.6 cm³/mol. The minimum Gasteiger partial charge on any atom is -0.302 e. The Morgan fingerprint density at radius 1 is 1.50 bits per heavy atom. The highest BCUT2D eigenvalue weighted by atomic mass is 16.1. The van der Waals surface area contributed by atoms with E-state index in [9.17, 15) is 9.59 Å². The molecule has 0 amide bonds. The maximum Gasteiger partial charge on any atom is 0.146 e. The number of carbonyl (C=O) groups excluding carboxylic acids is 2. The standard InChI is InChI=1S/C10H14O2/c1-9(2)7-3-4-10(9,6-11)8(12)5-7/h6-7H,3-5H2,1-2H3/t7-,10+/m0/s1. The first-order valence-corrected chi connectivity index (χ1v) is 4.54. The van der Waals surface area contributed by atoms with Gasteiger partial charge in [-0.25, -0.2) is 0 Å². The molecule has 2 atom stereocenters. The van der Waals surface area contributed by atoms with Gasteiger partial charge in [-0.3, -0.25) is 4.79 Å². The molecule has 0 heterocycles. The Morgan fingerprint density at radius 3 is 2.42 bits per heavy atom. The lowest BCUT2D eigenvalue weighted by Crippen LogP contribution is -2.37. The van der Waals surface area contributed by atoms with E-state index in [-0.39, 0.29) is 11.2 Å². The molecule has 2 bridgehead atoms. The average Bonchev–Trinajstić information content (AvgIpc) is 2.36. The van der Waals surface area contributed by atoms with Crippen molar-refractivity contribution in [3.8, 4) is 0 Å². The molecule has 0 aliphatic heterocycles. The van der Waals surface area contributed by atoms with E-state index in [2.05, 4.69) is 13.8 Å². The maximum atomic E-state index is 11.6. The summed E-state index contributed by atoms with van der Waals surface area (Å²) in [5, 5.41) is 0. The monoisotopic (exact) mass is 166 g/mol. The van der Waals surface area contributed by atoms with Gasteiger partial charge in [0.05, 0.1) is 5.41 Å². The zero-order valence-corrected chi connectivity index (χ0v) is 7.59. The Morgan fingerprint density at radius 2 is 2.17 bits per heavy atom. The molecule has 2 rings (SSSR count). The summed E-state index contributed by atoms with van der Waals surface area (Å²) >= 11 is 0. The van der Waals surface area contributed by atoms with E-state index >= 15 is 0 Å². The van der Waals surface area contributed by atoms with Gasteiger partial charge in [0, 0.05) is 6.42 Å². The number of aldehydes is 1. The third-order valence-corrected chi connectivity index (χ3v) is 4.19. The number of hydrogen-bond acceptors (Lipinski definition) is 2. The molecule has 0 aromatic rings. The van der Waals surface area contributed by atoms with Crippen LogP contribution in [-0.2, 0) is 9.59 Å². The van der Waals surface area contributed by atoms with Crippen LogP contribution in [0, 0.1) is 16.7 Å². The van der Waals surface area contributed by atoms with Crippen LogP contribution in [-0.4, -0.2) is 12.1 Å². The number of rotatable bonds is 1. The van der Waals surface area contributed by atoms with E-state index in [1.165, 1.54) is 0 Å². The molecule has 0 saturated heterocycles. The molecule has 0 spiro atoms. The van der Waals surface area contributed by atoms with Crippen molar-refractivity contribution in [1.82, 2.24) is 0 Å². The van der Waals surface area contributed by atoms with Crippen molar-refractivity contribution in [2.45, 2.75) is 33.1 Å². The van der Waals surface area contributed by atoms with E-state index < -0.39 is 5.41 Å². The molecule has 2 saturated carbocycles. The van der Waals surface area contributed by atoms with Gasteiger partial charge in [-0.1, -0.05) is 13.8 Å². The third kappa shape index (κ3) is 0.584. The lowest BCUT2D eigenvalue weighted by atomic mass is 9.70. The van der Waals surface area contributed by atoms with Crippen LogP contribution in [0.1, 0.15) is 33.1 Å². The lowest BCUT2D eigenvalue weighted by molar-refractivity contribution is -0.136. The van der Waals surface area contributed by atoms with Crippen LogP contribution in [0.3, 0.4) is 0 Å². The van der Waals surface area contributed by atoms with Gasteiger partial charge in [-0.15, -0.1) is 0 Å². The van der Waals surface area contributed by atoms with Gasteiger partial charge < -0.3 is 4.79 Å². The topological polar surface area (TPSA) is 34.1 Å². The molecule has 0 aromatic carbocycles. The molecule has 2 fully saturated rings. The van der Waals surface area contributed by atoms with E-state index in [1.54, 1.807) is 0 Å². The Kier molecular flexibility index (Phi) is 1.31. The van der Waals surface area contributed by atoms with Crippen LogP contribution in [0.4, 0.5) is 0 Å². The number of ketones is 1. The van der Waals surface area contributed by atoms with Crippen LogP contribution < -0.4 is 0 Å². The van der Waals surface area contributed by atoms with Gasteiger partial charge in [-0.05, 0) is 24.2 Å². The highest BCUT2D eigenvalue weighted by Gasteiger charge is 2.64. The second-order valence-electron chi connectivity index (χ2n) is 4.67. The molecule has 2 aliphatic carbocycles. The first kappa shape index (κ1) is 7.96. The summed E-state index contributed by atoms with van der Waals surface area (Å²) in [6, 6.07) is 0. The summed E-state index contributed by atoms with van der Waals surface area (Å²) in [4.78, 5) is 22.6. The number of hydrogen-bond donors (Lipinski definition) is 0. The Labute approximate surface area is 72.3 Å². The van der Waals surface area contributed by atoms with Crippen molar-refractivity contribution >= 4 is 12.1 Å².